The Morgan fingerprint density at radius 3 is 2.03 bits per heavy atom. The molecule has 170 valence electrons. The van der Waals surface area contributed by atoms with Crippen molar-refractivity contribution in [2.45, 2.75) is 0 Å². The molecule has 0 unspecified atom stereocenters. The van der Waals surface area contributed by atoms with Gasteiger partial charge in [0.25, 0.3) is 0 Å². The summed E-state index contributed by atoms with van der Waals surface area (Å²) < 4.78 is 2.59. The maximum absolute atomic E-state index is 3.81. The highest BCUT2D eigenvalue weighted by Crippen LogP contribution is 2.44. The second-order valence-corrected chi connectivity index (χ2v) is 10.1. The van der Waals surface area contributed by atoms with E-state index in [1.165, 1.54) is 53.2 Å². The minimum atomic E-state index is 1.11. The highest BCUT2D eigenvalue weighted by Gasteiger charge is 2.15. The summed E-state index contributed by atoms with van der Waals surface area (Å²) in [6.45, 7) is 0. The van der Waals surface area contributed by atoms with Crippen LogP contribution in [0.1, 0.15) is 0 Å². The Balaban J connectivity index is 1.39. The van der Waals surface area contributed by atoms with Gasteiger partial charge in [-0.3, -0.25) is 0 Å². The number of hydrogen-bond donors (Lipinski definition) is 1. The van der Waals surface area contributed by atoms with Gasteiger partial charge >= 0.3 is 0 Å². The van der Waals surface area contributed by atoms with Gasteiger partial charge in [-0.25, -0.2) is 0 Å². The predicted molar refractivity (Wildman–Crippen MR) is 157 cm³/mol. The number of para-hydroxylation sites is 1. The van der Waals surface area contributed by atoms with E-state index in [1.54, 1.807) is 0 Å². The van der Waals surface area contributed by atoms with Crippen LogP contribution in [-0.4, -0.2) is 0 Å². The van der Waals surface area contributed by atoms with E-state index in [0.717, 1.165) is 11.4 Å². The molecule has 0 saturated carbocycles. The van der Waals surface area contributed by atoms with E-state index < -0.39 is 0 Å². The highest BCUT2D eigenvalue weighted by molar-refractivity contribution is 7.26. The molecule has 0 aliphatic carbocycles. The summed E-state index contributed by atoms with van der Waals surface area (Å²) in [5.41, 5.74) is 7.24. The van der Waals surface area contributed by atoms with Gasteiger partial charge in [-0.2, -0.15) is 0 Å². The van der Waals surface area contributed by atoms with E-state index in [-0.39, 0.29) is 0 Å². The van der Waals surface area contributed by atoms with Gasteiger partial charge < -0.3 is 5.32 Å². The van der Waals surface area contributed by atoms with E-state index in [0.29, 0.717) is 0 Å². The molecule has 0 bridgehead atoms. The normalized spacial score (nSPS) is 11.3. The Morgan fingerprint density at radius 1 is 0.444 bits per heavy atom. The molecule has 7 rings (SSSR count). The molecule has 7 aromatic rings. The Morgan fingerprint density at radius 2 is 1.08 bits per heavy atom. The van der Waals surface area contributed by atoms with Crippen LogP contribution in [0.2, 0.25) is 0 Å². The predicted octanol–water partition coefficient (Wildman–Crippen LogP) is 10.3. The van der Waals surface area contributed by atoms with Crippen molar-refractivity contribution >= 4 is 53.7 Å². The summed E-state index contributed by atoms with van der Waals surface area (Å²) in [4.78, 5) is 0. The number of anilines is 2. The van der Waals surface area contributed by atoms with Crippen molar-refractivity contribution in [3.05, 3.63) is 133 Å². The SMILES string of the molecule is c1ccc(-c2cccc3sc4c(Nc5ccccc5-c5cccc6ccccc56)cccc4c23)cc1. The van der Waals surface area contributed by atoms with Gasteiger partial charge in [0.1, 0.15) is 0 Å². The molecule has 0 amide bonds. The van der Waals surface area contributed by atoms with Crippen LogP contribution in [0.4, 0.5) is 11.4 Å². The molecular weight excluding hydrogens is 454 g/mol. The first-order valence-electron chi connectivity index (χ1n) is 12.2. The van der Waals surface area contributed by atoms with Crippen molar-refractivity contribution in [1.82, 2.24) is 0 Å². The fourth-order valence-electron chi connectivity index (χ4n) is 5.24. The Bertz CT molecular complexity index is 1860. The summed E-state index contributed by atoms with van der Waals surface area (Å²) in [5, 5.41) is 8.95. The monoisotopic (exact) mass is 477 g/mol. The molecule has 1 aromatic heterocycles. The lowest BCUT2D eigenvalue weighted by atomic mass is 9.97. The highest BCUT2D eigenvalue weighted by atomic mass is 32.1. The summed E-state index contributed by atoms with van der Waals surface area (Å²) in [6.07, 6.45) is 0. The lowest BCUT2D eigenvalue weighted by molar-refractivity contribution is 1.57. The van der Waals surface area contributed by atoms with Crippen LogP contribution in [0.25, 0.3) is 53.2 Å². The summed E-state index contributed by atoms with van der Waals surface area (Å²) >= 11 is 1.86. The molecule has 1 heterocycles. The molecule has 0 fully saturated rings. The lowest BCUT2D eigenvalue weighted by Gasteiger charge is -2.15. The minimum Gasteiger partial charge on any atom is -0.354 e. The fraction of sp³-hybridized carbons (Fsp3) is 0. The van der Waals surface area contributed by atoms with Crippen LogP contribution in [-0.2, 0) is 0 Å². The smallest absolute Gasteiger partial charge is 0.0590 e. The number of rotatable bonds is 4. The molecule has 0 aliphatic rings. The van der Waals surface area contributed by atoms with Gasteiger partial charge in [-0.05, 0) is 45.7 Å². The van der Waals surface area contributed by atoms with Gasteiger partial charge in [0, 0.05) is 26.7 Å². The first-order chi connectivity index (χ1) is 17.9. The zero-order valence-corrected chi connectivity index (χ0v) is 20.4. The van der Waals surface area contributed by atoms with Crippen LogP contribution in [0.3, 0.4) is 0 Å². The Hall–Kier alpha value is -4.40. The van der Waals surface area contributed by atoms with E-state index in [2.05, 4.69) is 139 Å². The number of hydrogen-bond acceptors (Lipinski definition) is 2. The van der Waals surface area contributed by atoms with Crippen LogP contribution >= 0.6 is 11.3 Å². The first kappa shape index (κ1) is 20.9. The lowest BCUT2D eigenvalue weighted by Crippen LogP contribution is -1.94. The van der Waals surface area contributed by atoms with Crippen molar-refractivity contribution < 1.29 is 0 Å². The zero-order valence-electron chi connectivity index (χ0n) is 19.6. The van der Waals surface area contributed by atoms with Gasteiger partial charge in [0.2, 0.25) is 0 Å². The molecule has 36 heavy (non-hydrogen) atoms. The third kappa shape index (κ3) is 3.46. The number of thiophene rings is 1. The molecule has 6 aromatic carbocycles. The zero-order chi connectivity index (χ0) is 23.9. The largest absolute Gasteiger partial charge is 0.354 e. The molecule has 0 spiro atoms. The van der Waals surface area contributed by atoms with Crippen LogP contribution in [0.5, 0.6) is 0 Å². The average Bonchev–Trinajstić information content (AvgIpc) is 3.34. The first-order valence-corrected chi connectivity index (χ1v) is 13.0. The maximum atomic E-state index is 3.81. The van der Waals surface area contributed by atoms with Crippen molar-refractivity contribution in [1.29, 1.82) is 0 Å². The van der Waals surface area contributed by atoms with E-state index in [4.69, 9.17) is 0 Å². The number of nitrogens with one attached hydrogen (secondary N) is 1. The Kier molecular flexibility index (Phi) is 5.04. The molecule has 0 atom stereocenters. The standard InChI is InChI=1S/C34H23NS/c1-2-11-24(12-3-1)26-17-10-22-32-33(26)29-19-9-21-31(34(29)36-32)35-30-20-7-6-16-28(30)27-18-8-14-23-13-4-5-15-25(23)27/h1-22,35H. The van der Waals surface area contributed by atoms with Gasteiger partial charge in [0.15, 0.2) is 0 Å². The maximum Gasteiger partial charge on any atom is 0.0590 e. The van der Waals surface area contributed by atoms with Crippen LogP contribution in [0.15, 0.2) is 133 Å². The van der Waals surface area contributed by atoms with Crippen molar-refractivity contribution in [3.8, 4) is 22.3 Å². The number of fused-ring (bicyclic) bond motifs is 4. The van der Waals surface area contributed by atoms with Gasteiger partial charge in [-0.15, -0.1) is 11.3 Å². The fourth-order valence-corrected chi connectivity index (χ4v) is 6.43. The second-order valence-electron chi connectivity index (χ2n) is 9.03. The summed E-state index contributed by atoms with van der Waals surface area (Å²) in [5.74, 6) is 0. The third-order valence-electron chi connectivity index (χ3n) is 6.88. The van der Waals surface area contributed by atoms with Crippen LogP contribution in [0, 0.1) is 0 Å². The summed E-state index contributed by atoms with van der Waals surface area (Å²) in [7, 11) is 0. The van der Waals surface area contributed by atoms with Crippen molar-refractivity contribution in [3.63, 3.8) is 0 Å². The topological polar surface area (TPSA) is 12.0 Å². The molecular formula is C34H23NS. The van der Waals surface area contributed by atoms with Gasteiger partial charge in [-0.1, -0.05) is 115 Å². The van der Waals surface area contributed by atoms with Crippen LogP contribution < -0.4 is 5.32 Å². The molecule has 1 nitrogen and oxygen atoms in total. The van der Waals surface area contributed by atoms with E-state index >= 15 is 0 Å². The van der Waals surface area contributed by atoms with Crippen molar-refractivity contribution in [2.75, 3.05) is 5.32 Å². The molecule has 1 N–H and O–H groups in total. The molecule has 2 heteroatoms. The minimum absolute atomic E-state index is 1.11. The molecule has 0 saturated heterocycles. The average molecular weight is 478 g/mol. The van der Waals surface area contributed by atoms with E-state index in [9.17, 15) is 0 Å². The molecule has 0 radical (unpaired) electrons. The van der Waals surface area contributed by atoms with Crippen molar-refractivity contribution in [2.24, 2.45) is 0 Å². The second kappa shape index (κ2) is 8.67. The Labute approximate surface area is 214 Å². The third-order valence-corrected chi connectivity index (χ3v) is 8.09. The van der Waals surface area contributed by atoms with E-state index in [1.807, 2.05) is 11.3 Å². The quantitative estimate of drug-likeness (QED) is 0.266. The number of benzene rings is 6. The summed E-state index contributed by atoms with van der Waals surface area (Å²) in [6, 6.07) is 47.7. The van der Waals surface area contributed by atoms with Gasteiger partial charge in [0.05, 0.1) is 10.4 Å². The molecule has 0 aliphatic heterocycles.